The lowest BCUT2D eigenvalue weighted by Gasteiger charge is -2.40. The van der Waals surface area contributed by atoms with E-state index in [0.717, 1.165) is 26.2 Å². The fourth-order valence-electron chi connectivity index (χ4n) is 1.88. The summed E-state index contributed by atoms with van der Waals surface area (Å²) in [6.07, 6.45) is 0. The van der Waals surface area contributed by atoms with Gasteiger partial charge in [-0.2, -0.15) is 0 Å². The van der Waals surface area contributed by atoms with Crippen LogP contribution in [0.2, 0.25) is 0 Å². The molecule has 0 saturated carbocycles. The monoisotopic (exact) mass is 214 g/mol. The molecule has 4 heteroatoms. The molecule has 0 aromatic carbocycles. The molecule has 1 aliphatic heterocycles. The van der Waals surface area contributed by atoms with Crippen LogP contribution in [0.25, 0.3) is 0 Å². The molecule has 1 rings (SSSR count). The first-order valence-electron chi connectivity index (χ1n) is 5.54. The Balaban J connectivity index is 2.52. The van der Waals surface area contributed by atoms with E-state index in [-0.39, 0.29) is 5.97 Å². The molecule has 1 saturated heterocycles. The Morgan fingerprint density at radius 1 is 1.53 bits per heavy atom. The van der Waals surface area contributed by atoms with Crippen LogP contribution in [0.1, 0.15) is 20.8 Å². The number of hydrogen-bond acceptors (Lipinski definition) is 4. The summed E-state index contributed by atoms with van der Waals surface area (Å²) in [6.45, 7) is 9.82. The highest BCUT2D eigenvalue weighted by Gasteiger charge is 2.34. The van der Waals surface area contributed by atoms with E-state index in [1.54, 1.807) is 0 Å². The van der Waals surface area contributed by atoms with Crippen molar-refractivity contribution in [3.8, 4) is 0 Å². The molecule has 0 amide bonds. The zero-order chi connectivity index (χ0) is 11.5. The lowest BCUT2D eigenvalue weighted by atomic mass is 9.91. The summed E-state index contributed by atoms with van der Waals surface area (Å²) >= 11 is 0. The number of likely N-dealkylation sites (N-methyl/N-ethyl adjacent to an activating group) is 1. The van der Waals surface area contributed by atoms with Gasteiger partial charge in [0.25, 0.3) is 0 Å². The summed E-state index contributed by atoms with van der Waals surface area (Å²) in [7, 11) is 1.45. The first-order valence-corrected chi connectivity index (χ1v) is 5.54. The normalized spacial score (nSPS) is 17.7. The van der Waals surface area contributed by atoms with Crippen molar-refractivity contribution in [1.29, 1.82) is 0 Å². The van der Waals surface area contributed by atoms with Gasteiger partial charge in [0.1, 0.15) is 0 Å². The Morgan fingerprint density at radius 3 is 2.47 bits per heavy atom. The van der Waals surface area contributed by atoms with Crippen LogP contribution in [-0.4, -0.2) is 50.2 Å². The summed E-state index contributed by atoms with van der Waals surface area (Å²) in [5.41, 5.74) is -0.416. The van der Waals surface area contributed by atoms with Gasteiger partial charge in [-0.1, -0.05) is 6.92 Å². The number of carbonyl (C=O) groups excluding carboxylic acids is 1. The third kappa shape index (κ3) is 2.92. The highest BCUT2D eigenvalue weighted by atomic mass is 16.5. The van der Waals surface area contributed by atoms with E-state index in [2.05, 4.69) is 17.1 Å². The van der Waals surface area contributed by atoms with Gasteiger partial charge in [-0.15, -0.1) is 0 Å². The molecule has 0 unspecified atom stereocenters. The predicted molar refractivity (Wildman–Crippen MR) is 59.7 cm³/mol. The summed E-state index contributed by atoms with van der Waals surface area (Å²) < 4.78 is 4.81. The molecular formula is C11H22N2O2. The van der Waals surface area contributed by atoms with Crippen LogP contribution in [0.15, 0.2) is 0 Å². The number of nitrogens with one attached hydrogen (secondary N) is 1. The Bertz CT molecular complexity index is 225. The van der Waals surface area contributed by atoms with Crippen molar-refractivity contribution in [2.45, 2.75) is 26.8 Å². The van der Waals surface area contributed by atoms with Crippen LogP contribution in [0.5, 0.6) is 0 Å². The SMILES string of the molecule is CCN(CC(C)(C)C(=O)OC)C1CNC1. The highest BCUT2D eigenvalue weighted by Crippen LogP contribution is 2.21. The summed E-state index contributed by atoms with van der Waals surface area (Å²) in [4.78, 5) is 13.9. The predicted octanol–water partition coefficient (Wildman–Crippen LogP) is 0.479. The highest BCUT2D eigenvalue weighted by molar-refractivity contribution is 5.76. The molecule has 0 spiro atoms. The number of hydrogen-bond donors (Lipinski definition) is 1. The Labute approximate surface area is 92.0 Å². The van der Waals surface area contributed by atoms with Gasteiger partial charge in [0.05, 0.1) is 12.5 Å². The van der Waals surface area contributed by atoms with E-state index in [1.165, 1.54) is 7.11 Å². The maximum atomic E-state index is 11.5. The Morgan fingerprint density at radius 2 is 2.13 bits per heavy atom. The van der Waals surface area contributed by atoms with Crippen LogP contribution >= 0.6 is 0 Å². The summed E-state index contributed by atoms with van der Waals surface area (Å²) in [5.74, 6) is -0.131. The van der Waals surface area contributed by atoms with Crippen molar-refractivity contribution < 1.29 is 9.53 Å². The fourth-order valence-corrected chi connectivity index (χ4v) is 1.88. The molecule has 1 N–H and O–H groups in total. The van der Waals surface area contributed by atoms with E-state index in [0.29, 0.717) is 6.04 Å². The first kappa shape index (κ1) is 12.5. The van der Waals surface area contributed by atoms with Crippen LogP contribution in [-0.2, 0) is 9.53 Å². The van der Waals surface area contributed by atoms with Gasteiger partial charge in [0, 0.05) is 25.7 Å². The zero-order valence-corrected chi connectivity index (χ0v) is 10.2. The second kappa shape index (κ2) is 4.94. The molecule has 0 aromatic rings. The molecule has 1 aliphatic rings. The smallest absolute Gasteiger partial charge is 0.312 e. The zero-order valence-electron chi connectivity index (χ0n) is 10.2. The molecule has 4 nitrogen and oxygen atoms in total. The van der Waals surface area contributed by atoms with Crippen molar-refractivity contribution in [3.05, 3.63) is 0 Å². The van der Waals surface area contributed by atoms with E-state index >= 15 is 0 Å². The van der Waals surface area contributed by atoms with Crippen molar-refractivity contribution in [2.24, 2.45) is 5.41 Å². The molecule has 0 aromatic heterocycles. The molecule has 88 valence electrons. The van der Waals surface area contributed by atoms with Gasteiger partial charge in [-0.05, 0) is 20.4 Å². The molecule has 0 atom stereocenters. The minimum atomic E-state index is -0.416. The fraction of sp³-hybridized carbons (Fsp3) is 0.909. The van der Waals surface area contributed by atoms with E-state index in [1.807, 2.05) is 13.8 Å². The lowest BCUT2D eigenvalue weighted by molar-refractivity contribution is -0.152. The molecule has 1 heterocycles. The van der Waals surface area contributed by atoms with Gasteiger partial charge >= 0.3 is 5.97 Å². The van der Waals surface area contributed by atoms with Crippen molar-refractivity contribution in [1.82, 2.24) is 10.2 Å². The topological polar surface area (TPSA) is 41.6 Å². The van der Waals surface area contributed by atoms with Gasteiger partial charge in [-0.25, -0.2) is 0 Å². The van der Waals surface area contributed by atoms with E-state index in [4.69, 9.17) is 4.74 Å². The Kier molecular flexibility index (Phi) is 4.11. The molecule has 15 heavy (non-hydrogen) atoms. The first-order chi connectivity index (χ1) is 7.01. The van der Waals surface area contributed by atoms with Crippen LogP contribution in [0.4, 0.5) is 0 Å². The maximum absolute atomic E-state index is 11.5. The van der Waals surface area contributed by atoms with Crippen LogP contribution < -0.4 is 5.32 Å². The average Bonchev–Trinajstić information content (AvgIpc) is 2.12. The second-order valence-electron chi connectivity index (χ2n) is 4.75. The van der Waals surface area contributed by atoms with Crippen molar-refractivity contribution in [3.63, 3.8) is 0 Å². The second-order valence-corrected chi connectivity index (χ2v) is 4.75. The van der Waals surface area contributed by atoms with Crippen molar-refractivity contribution >= 4 is 5.97 Å². The third-order valence-electron chi connectivity index (χ3n) is 3.02. The number of ether oxygens (including phenoxy) is 1. The molecule has 0 radical (unpaired) electrons. The number of rotatable bonds is 5. The average molecular weight is 214 g/mol. The number of carbonyl (C=O) groups is 1. The van der Waals surface area contributed by atoms with Crippen LogP contribution in [0, 0.1) is 5.41 Å². The van der Waals surface area contributed by atoms with Gasteiger partial charge in [-0.3, -0.25) is 9.69 Å². The van der Waals surface area contributed by atoms with Crippen LogP contribution in [0.3, 0.4) is 0 Å². The van der Waals surface area contributed by atoms with Crippen molar-refractivity contribution in [2.75, 3.05) is 33.3 Å². The largest absolute Gasteiger partial charge is 0.469 e. The number of methoxy groups -OCH3 is 1. The molecule has 0 aliphatic carbocycles. The van der Waals surface area contributed by atoms with Gasteiger partial charge in [0.15, 0.2) is 0 Å². The minimum absolute atomic E-state index is 0.131. The Hall–Kier alpha value is -0.610. The quantitative estimate of drug-likeness (QED) is 0.676. The third-order valence-corrected chi connectivity index (χ3v) is 3.02. The number of nitrogens with zero attached hydrogens (tertiary/aromatic N) is 1. The molecular weight excluding hydrogens is 192 g/mol. The maximum Gasteiger partial charge on any atom is 0.312 e. The molecule has 1 fully saturated rings. The number of esters is 1. The summed E-state index contributed by atoms with van der Waals surface area (Å²) in [5, 5.41) is 3.25. The lowest BCUT2D eigenvalue weighted by Crippen LogP contribution is -2.59. The molecule has 0 bridgehead atoms. The van der Waals surface area contributed by atoms with E-state index in [9.17, 15) is 4.79 Å². The standard InChI is InChI=1S/C11H22N2O2/c1-5-13(9-6-12-7-9)8-11(2,3)10(14)15-4/h9,12H,5-8H2,1-4H3. The minimum Gasteiger partial charge on any atom is -0.469 e. The van der Waals surface area contributed by atoms with Gasteiger partial charge < -0.3 is 10.1 Å². The van der Waals surface area contributed by atoms with Gasteiger partial charge in [0.2, 0.25) is 0 Å². The van der Waals surface area contributed by atoms with E-state index < -0.39 is 5.41 Å². The summed E-state index contributed by atoms with van der Waals surface area (Å²) in [6, 6.07) is 0.582.